The molecule has 0 spiro atoms. The van der Waals surface area contributed by atoms with E-state index in [1.54, 1.807) is 23.0 Å². The molecule has 2 aromatic heterocycles. The van der Waals surface area contributed by atoms with Crippen molar-refractivity contribution in [3.05, 3.63) is 66.6 Å². The normalized spacial score (nSPS) is 10.6. The summed E-state index contributed by atoms with van der Waals surface area (Å²) in [5.41, 5.74) is 2.03. The summed E-state index contributed by atoms with van der Waals surface area (Å²) in [6, 6.07) is 12.7. The first-order valence-corrected chi connectivity index (χ1v) is 7.66. The number of aromatic nitrogens is 3. The molecule has 0 fully saturated rings. The maximum atomic E-state index is 12.3. The number of anilines is 1. The van der Waals surface area contributed by atoms with Gasteiger partial charge in [-0.25, -0.2) is 9.67 Å². The lowest BCUT2D eigenvalue weighted by molar-refractivity contribution is 0.102. The van der Waals surface area contributed by atoms with Gasteiger partial charge in [-0.1, -0.05) is 6.07 Å². The van der Waals surface area contributed by atoms with E-state index in [4.69, 9.17) is 4.74 Å². The lowest BCUT2D eigenvalue weighted by Gasteiger charge is -2.10. The third kappa shape index (κ3) is 3.78. The van der Waals surface area contributed by atoms with E-state index >= 15 is 0 Å². The highest BCUT2D eigenvalue weighted by Gasteiger charge is 2.08. The summed E-state index contributed by atoms with van der Waals surface area (Å²) in [6.07, 6.45) is 5.10. The zero-order valence-electron chi connectivity index (χ0n) is 13.5. The fourth-order valence-corrected chi connectivity index (χ4v) is 2.18. The van der Waals surface area contributed by atoms with Crippen molar-refractivity contribution >= 4 is 11.6 Å². The third-order valence-corrected chi connectivity index (χ3v) is 3.23. The summed E-state index contributed by atoms with van der Waals surface area (Å²) in [6.45, 7) is 3.85. The van der Waals surface area contributed by atoms with Crippen molar-refractivity contribution in [1.82, 2.24) is 14.8 Å². The van der Waals surface area contributed by atoms with E-state index in [1.807, 2.05) is 50.4 Å². The SMILES string of the molecule is CC(C)Oc1ccc(C(=O)Nc2cccc(-n3cccn3)c2)cn1. The highest BCUT2D eigenvalue weighted by molar-refractivity contribution is 6.04. The van der Waals surface area contributed by atoms with Crippen molar-refractivity contribution in [3.8, 4) is 11.6 Å². The van der Waals surface area contributed by atoms with Crippen LogP contribution < -0.4 is 10.1 Å². The molecular weight excluding hydrogens is 304 g/mol. The van der Waals surface area contributed by atoms with Gasteiger partial charge in [-0.05, 0) is 44.2 Å². The molecule has 6 heteroatoms. The Labute approximate surface area is 140 Å². The van der Waals surface area contributed by atoms with E-state index < -0.39 is 0 Å². The Morgan fingerprint density at radius 2 is 2.08 bits per heavy atom. The van der Waals surface area contributed by atoms with E-state index in [0.717, 1.165) is 5.69 Å². The van der Waals surface area contributed by atoms with E-state index in [-0.39, 0.29) is 12.0 Å². The Kier molecular flexibility index (Phi) is 4.56. The number of hydrogen-bond acceptors (Lipinski definition) is 4. The molecule has 0 aliphatic heterocycles. The molecular formula is C18H18N4O2. The number of pyridine rings is 1. The second-order valence-electron chi connectivity index (χ2n) is 5.51. The Balaban J connectivity index is 1.72. The summed E-state index contributed by atoms with van der Waals surface area (Å²) in [5.74, 6) is 0.276. The van der Waals surface area contributed by atoms with Crippen molar-refractivity contribution in [3.63, 3.8) is 0 Å². The highest BCUT2D eigenvalue weighted by Crippen LogP contribution is 2.16. The van der Waals surface area contributed by atoms with Crippen LogP contribution in [0.25, 0.3) is 5.69 Å². The molecule has 1 aromatic carbocycles. The van der Waals surface area contributed by atoms with E-state index in [9.17, 15) is 4.79 Å². The molecule has 2 heterocycles. The molecule has 6 nitrogen and oxygen atoms in total. The van der Waals surface area contributed by atoms with Crippen molar-refractivity contribution < 1.29 is 9.53 Å². The fourth-order valence-electron chi connectivity index (χ4n) is 2.18. The minimum absolute atomic E-state index is 0.0437. The first kappa shape index (κ1) is 15.7. The molecule has 24 heavy (non-hydrogen) atoms. The largest absolute Gasteiger partial charge is 0.475 e. The number of ether oxygens (including phenoxy) is 1. The molecule has 3 rings (SSSR count). The number of amides is 1. The number of carbonyl (C=O) groups is 1. The van der Waals surface area contributed by atoms with Crippen LogP contribution in [0.4, 0.5) is 5.69 Å². The van der Waals surface area contributed by atoms with Crippen LogP contribution in [0.3, 0.4) is 0 Å². The Hall–Kier alpha value is -3.15. The topological polar surface area (TPSA) is 69.0 Å². The minimum atomic E-state index is -0.226. The zero-order valence-corrected chi connectivity index (χ0v) is 13.5. The van der Waals surface area contributed by atoms with E-state index in [2.05, 4.69) is 15.4 Å². The summed E-state index contributed by atoms with van der Waals surface area (Å²) in [5, 5.41) is 7.04. The van der Waals surface area contributed by atoms with Gasteiger partial charge in [0.25, 0.3) is 5.91 Å². The minimum Gasteiger partial charge on any atom is -0.475 e. The summed E-state index contributed by atoms with van der Waals surface area (Å²) in [7, 11) is 0. The van der Waals surface area contributed by atoms with Crippen LogP contribution in [-0.4, -0.2) is 26.8 Å². The molecule has 0 saturated heterocycles. The van der Waals surface area contributed by atoms with E-state index in [0.29, 0.717) is 17.1 Å². The van der Waals surface area contributed by atoms with Gasteiger partial charge in [-0.2, -0.15) is 5.10 Å². The van der Waals surface area contributed by atoms with Crippen LogP contribution in [0.1, 0.15) is 24.2 Å². The zero-order chi connectivity index (χ0) is 16.9. The van der Waals surface area contributed by atoms with Gasteiger partial charge in [0.2, 0.25) is 5.88 Å². The van der Waals surface area contributed by atoms with Gasteiger partial charge < -0.3 is 10.1 Å². The van der Waals surface area contributed by atoms with Gasteiger partial charge >= 0.3 is 0 Å². The average Bonchev–Trinajstić information content (AvgIpc) is 3.10. The first-order chi connectivity index (χ1) is 11.6. The molecule has 0 radical (unpaired) electrons. The molecule has 1 N–H and O–H groups in total. The molecule has 0 bridgehead atoms. The molecule has 122 valence electrons. The summed E-state index contributed by atoms with van der Waals surface area (Å²) in [4.78, 5) is 16.5. The van der Waals surface area contributed by atoms with Gasteiger partial charge in [0.05, 0.1) is 17.4 Å². The molecule has 1 amide bonds. The van der Waals surface area contributed by atoms with Gasteiger partial charge in [-0.3, -0.25) is 4.79 Å². The molecule has 3 aromatic rings. The molecule has 0 aliphatic carbocycles. The molecule has 0 unspecified atom stereocenters. The van der Waals surface area contributed by atoms with Gasteiger partial charge in [0.15, 0.2) is 0 Å². The number of rotatable bonds is 5. The smallest absolute Gasteiger partial charge is 0.257 e. The third-order valence-electron chi connectivity index (χ3n) is 3.23. The van der Waals surface area contributed by atoms with Crippen molar-refractivity contribution in [1.29, 1.82) is 0 Å². The van der Waals surface area contributed by atoms with Crippen molar-refractivity contribution in [2.75, 3.05) is 5.32 Å². The molecule has 0 aliphatic rings. The number of hydrogen-bond donors (Lipinski definition) is 1. The average molecular weight is 322 g/mol. The first-order valence-electron chi connectivity index (χ1n) is 7.66. The standard InChI is InChI=1S/C18H18N4O2/c1-13(2)24-17-8-7-14(12-19-17)18(23)21-15-5-3-6-16(11-15)22-10-4-9-20-22/h3-13H,1-2H3,(H,21,23). The maximum Gasteiger partial charge on any atom is 0.257 e. The number of nitrogens with one attached hydrogen (secondary N) is 1. The lowest BCUT2D eigenvalue weighted by Crippen LogP contribution is -2.13. The van der Waals surface area contributed by atoms with Gasteiger partial charge in [0.1, 0.15) is 0 Å². The Bertz CT molecular complexity index is 811. The fraction of sp³-hybridized carbons (Fsp3) is 0.167. The van der Waals surface area contributed by atoms with Crippen LogP contribution in [0.2, 0.25) is 0 Å². The monoisotopic (exact) mass is 322 g/mol. The van der Waals surface area contributed by atoms with Crippen LogP contribution in [0.5, 0.6) is 5.88 Å². The second-order valence-corrected chi connectivity index (χ2v) is 5.51. The van der Waals surface area contributed by atoms with E-state index in [1.165, 1.54) is 6.20 Å². The van der Waals surface area contributed by atoms with Crippen LogP contribution in [0.15, 0.2) is 61.1 Å². The Morgan fingerprint density at radius 1 is 1.21 bits per heavy atom. The lowest BCUT2D eigenvalue weighted by atomic mass is 10.2. The number of benzene rings is 1. The Morgan fingerprint density at radius 3 is 2.75 bits per heavy atom. The van der Waals surface area contributed by atoms with Crippen molar-refractivity contribution in [2.45, 2.75) is 20.0 Å². The number of carbonyl (C=O) groups excluding carboxylic acids is 1. The van der Waals surface area contributed by atoms with Crippen molar-refractivity contribution in [2.24, 2.45) is 0 Å². The van der Waals surface area contributed by atoms with Gasteiger partial charge in [0, 0.05) is 30.3 Å². The quantitative estimate of drug-likeness (QED) is 0.782. The molecule has 0 atom stereocenters. The van der Waals surface area contributed by atoms with Crippen LogP contribution in [0, 0.1) is 0 Å². The highest BCUT2D eigenvalue weighted by atomic mass is 16.5. The van der Waals surface area contributed by atoms with Crippen LogP contribution in [-0.2, 0) is 0 Å². The molecule has 0 saturated carbocycles. The summed E-state index contributed by atoms with van der Waals surface area (Å²) >= 11 is 0. The maximum absolute atomic E-state index is 12.3. The second kappa shape index (κ2) is 6.95. The summed E-state index contributed by atoms with van der Waals surface area (Å²) < 4.78 is 7.20. The predicted molar refractivity (Wildman–Crippen MR) is 91.5 cm³/mol. The predicted octanol–water partition coefficient (Wildman–Crippen LogP) is 3.31. The van der Waals surface area contributed by atoms with Gasteiger partial charge in [-0.15, -0.1) is 0 Å². The van der Waals surface area contributed by atoms with Crippen LogP contribution >= 0.6 is 0 Å². The number of nitrogens with zero attached hydrogens (tertiary/aromatic N) is 3.